The second kappa shape index (κ2) is 9.90. The predicted octanol–water partition coefficient (Wildman–Crippen LogP) is 6.46. The van der Waals surface area contributed by atoms with Crippen molar-refractivity contribution in [3.63, 3.8) is 0 Å². The first-order valence-corrected chi connectivity index (χ1v) is 11.9. The van der Waals surface area contributed by atoms with Gasteiger partial charge in [0.05, 0.1) is 5.56 Å². The quantitative estimate of drug-likeness (QED) is 0.445. The van der Waals surface area contributed by atoms with Gasteiger partial charge < -0.3 is 15.3 Å². The van der Waals surface area contributed by atoms with E-state index in [1.165, 1.54) is 17.7 Å². The Hall–Kier alpha value is -3.67. The topological polar surface area (TPSA) is 69.6 Å². The van der Waals surface area contributed by atoms with Crippen LogP contribution in [-0.4, -0.2) is 30.1 Å². The lowest BCUT2D eigenvalue weighted by Crippen LogP contribution is -2.33. The molecule has 0 bridgehead atoms. The molecule has 0 atom stereocenters. The number of nitrogens with zero attached hydrogens (tertiary/aromatic N) is 1. The van der Waals surface area contributed by atoms with Crippen molar-refractivity contribution in [3.8, 4) is 0 Å². The first-order valence-electron chi connectivity index (χ1n) is 11.9. The number of amides is 1. The van der Waals surface area contributed by atoms with Crippen LogP contribution in [0.25, 0.3) is 0 Å². The standard InChI is InChI=1S/C29H31FN2O3/c1-29(2,3)22-5-4-6-23(17-22)31-27(33)21-9-7-19(8-10-21)20-13-15-32(16-14-20)24-11-12-25(28(34)35)26(30)18-24/h4-12,17-18,20H,13-16H2,1-3H3,(H,31,33)(H,34,35). The smallest absolute Gasteiger partial charge is 0.338 e. The molecule has 35 heavy (non-hydrogen) atoms. The molecule has 3 aromatic carbocycles. The molecule has 1 fully saturated rings. The summed E-state index contributed by atoms with van der Waals surface area (Å²) in [5.74, 6) is -1.75. The predicted molar refractivity (Wildman–Crippen MR) is 137 cm³/mol. The fourth-order valence-corrected chi connectivity index (χ4v) is 4.52. The van der Waals surface area contributed by atoms with E-state index in [0.717, 1.165) is 37.2 Å². The number of nitrogens with one attached hydrogen (secondary N) is 1. The molecule has 182 valence electrons. The molecule has 1 saturated heterocycles. The maximum absolute atomic E-state index is 14.1. The number of rotatable bonds is 5. The average Bonchev–Trinajstić information content (AvgIpc) is 2.83. The van der Waals surface area contributed by atoms with E-state index in [0.29, 0.717) is 17.2 Å². The lowest BCUT2D eigenvalue weighted by atomic mass is 9.87. The number of hydrogen-bond acceptors (Lipinski definition) is 3. The Labute approximate surface area is 205 Å². The highest BCUT2D eigenvalue weighted by atomic mass is 19.1. The van der Waals surface area contributed by atoms with Crippen molar-refractivity contribution >= 4 is 23.3 Å². The van der Waals surface area contributed by atoms with E-state index >= 15 is 0 Å². The maximum atomic E-state index is 14.1. The summed E-state index contributed by atoms with van der Waals surface area (Å²) in [5, 5.41) is 12.0. The van der Waals surface area contributed by atoms with Gasteiger partial charge >= 0.3 is 5.97 Å². The first kappa shape index (κ1) is 24.5. The number of carboxylic acids is 1. The van der Waals surface area contributed by atoms with Crippen LogP contribution in [0.2, 0.25) is 0 Å². The number of aromatic carboxylic acids is 1. The molecule has 0 spiro atoms. The van der Waals surface area contributed by atoms with Crippen LogP contribution in [0.3, 0.4) is 0 Å². The Kier molecular flexibility index (Phi) is 6.92. The second-order valence-electron chi connectivity index (χ2n) is 10.1. The van der Waals surface area contributed by atoms with Crippen LogP contribution in [0.1, 0.15) is 71.4 Å². The lowest BCUT2D eigenvalue weighted by molar-refractivity contribution is 0.0691. The number of hydrogen-bond donors (Lipinski definition) is 2. The number of benzene rings is 3. The van der Waals surface area contributed by atoms with E-state index < -0.39 is 11.8 Å². The third-order valence-electron chi connectivity index (χ3n) is 6.67. The monoisotopic (exact) mass is 474 g/mol. The molecule has 6 heteroatoms. The third kappa shape index (κ3) is 5.70. The lowest BCUT2D eigenvalue weighted by Gasteiger charge is -2.34. The van der Waals surface area contributed by atoms with Gasteiger partial charge in [-0.05, 0) is 77.8 Å². The molecule has 0 radical (unpaired) electrons. The third-order valence-corrected chi connectivity index (χ3v) is 6.67. The van der Waals surface area contributed by atoms with Gasteiger partial charge in [0.15, 0.2) is 0 Å². The van der Waals surface area contributed by atoms with Crippen molar-refractivity contribution in [2.75, 3.05) is 23.3 Å². The minimum atomic E-state index is -1.26. The molecule has 1 aliphatic heterocycles. The zero-order chi connectivity index (χ0) is 25.2. The van der Waals surface area contributed by atoms with Crippen molar-refractivity contribution < 1.29 is 19.1 Å². The van der Waals surface area contributed by atoms with Crippen molar-refractivity contribution in [1.29, 1.82) is 0 Å². The number of carbonyl (C=O) groups excluding carboxylic acids is 1. The Morgan fingerprint density at radius 1 is 0.971 bits per heavy atom. The van der Waals surface area contributed by atoms with E-state index in [-0.39, 0.29) is 16.9 Å². The fraction of sp³-hybridized carbons (Fsp3) is 0.310. The summed E-state index contributed by atoms with van der Waals surface area (Å²) in [7, 11) is 0. The summed E-state index contributed by atoms with van der Waals surface area (Å²) < 4.78 is 14.1. The van der Waals surface area contributed by atoms with Crippen LogP contribution in [0.15, 0.2) is 66.7 Å². The van der Waals surface area contributed by atoms with Crippen molar-refractivity contribution in [3.05, 3.63) is 94.8 Å². The van der Waals surface area contributed by atoms with Gasteiger partial charge in [-0.25, -0.2) is 9.18 Å². The molecule has 1 amide bonds. The summed E-state index contributed by atoms with van der Waals surface area (Å²) in [4.78, 5) is 25.9. The van der Waals surface area contributed by atoms with Gasteiger partial charge in [0.2, 0.25) is 0 Å². The summed E-state index contributed by atoms with van der Waals surface area (Å²) in [6.07, 6.45) is 1.79. The Morgan fingerprint density at radius 2 is 1.66 bits per heavy atom. The SMILES string of the molecule is CC(C)(C)c1cccc(NC(=O)c2ccc(C3CCN(c4ccc(C(=O)O)c(F)c4)CC3)cc2)c1. The zero-order valence-corrected chi connectivity index (χ0v) is 20.3. The molecule has 2 N–H and O–H groups in total. The average molecular weight is 475 g/mol. The number of anilines is 2. The molecule has 1 heterocycles. The summed E-state index contributed by atoms with van der Waals surface area (Å²) >= 11 is 0. The highest BCUT2D eigenvalue weighted by Crippen LogP contribution is 2.31. The number of halogens is 1. The molecule has 5 nitrogen and oxygen atoms in total. The van der Waals surface area contributed by atoms with Gasteiger partial charge in [0, 0.05) is 30.0 Å². The van der Waals surface area contributed by atoms with E-state index in [1.807, 2.05) is 42.5 Å². The van der Waals surface area contributed by atoms with E-state index in [2.05, 4.69) is 37.1 Å². The van der Waals surface area contributed by atoms with Crippen LogP contribution in [0.4, 0.5) is 15.8 Å². The molecular weight excluding hydrogens is 443 g/mol. The van der Waals surface area contributed by atoms with Crippen LogP contribution < -0.4 is 10.2 Å². The van der Waals surface area contributed by atoms with E-state index in [4.69, 9.17) is 5.11 Å². The van der Waals surface area contributed by atoms with Crippen LogP contribution in [0, 0.1) is 5.82 Å². The first-order chi connectivity index (χ1) is 16.6. The molecule has 0 saturated carbocycles. The van der Waals surface area contributed by atoms with Crippen molar-refractivity contribution in [2.45, 2.75) is 44.9 Å². The minimum Gasteiger partial charge on any atom is -0.478 e. The Morgan fingerprint density at radius 3 is 2.26 bits per heavy atom. The van der Waals surface area contributed by atoms with Gasteiger partial charge in [0.1, 0.15) is 5.82 Å². The minimum absolute atomic E-state index is 0.00799. The van der Waals surface area contributed by atoms with Gasteiger partial charge in [-0.15, -0.1) is 0 Å². The molecule has 0 aromatic heterocycles. The normalized spacial score (nSPS) is 14.6. The molecule has 3 aromatic rings. The summed E-state index contributed by atoms with van der Waals surface area (Å²) in [6.45, 7) is 7.94. The Bertz CT molecular complexity index is 1220. The highest BCUT2D eigenvalue weighted by molar-refractivity contribution is 6.04. The van der Waals surface area contributed by atoms with Gasteiger partial charge in [-0.1, -0.05) is 45.0 Å². The molecule has 1 aliphatic rings. The molecule has 4 rings (SSSR count). The number of piperidine rings is 1. The van der Waals surface area contributed by atoms with E-state index in [1.54, 1.807) is 6.07 Å². The molecule has 0 aliphatic carbocycles. The van der Waals surface area contributed by atoms with E-state index in [9.17, 15) is 14.0 Å². The van der Waals surface area contributed by atoms with Crippen LogP contribution in [-0.2, 0) is 5.41 Å². The molecular formula is C29H31FN2O3. The van der Waals surface area contributed by atoms with Crippen LogP contribution >= 0.6 is 0 Å². The second-order valence-corrected chi connectivity index (χ2v) is 10.1. The fourth-order valence-electron chi connectivity index (χ4n) is 4.52. The van der Waals surface area contributed by atoms with Gasteiger partial charge in [-0.2, -0.15) is 0 Å². The Balaban J connectivity index is 1.36. The highest BCUT2D eigenvalue weighted by Gasteiger charge is 2.22. The number of carbonyl (C=O) groups is 2. The van der Waals surface area contributed by atoms with Crippen LogP contribution in [0.5, 0.6) is 0 Å². The van der Waals surface area contributed by atoms with Crippen molar-refractivity contribution in [2.24, 2.45) is 0 Å². The summed E-state index contributed by atoms with van der Waals surface area (Å²) in [6, 6.07) is 20.0. The summed E-state index contributed by atoms with van der Waals surface area (Å²) in [5.41, 5.74) is 4.14. The number of carboxylic acid groups (broad SMARTS) is 1. The zero-order valence-electron chi connectivity index (χ0n) is 20.3. The van der Waals surface area contributed by atoms with Gasteiger partial charge in [-0.3, -0.25) is 4.79 Å². The van der Waals surface area contributed by atoms with Crippen molar-refractivity contribution in [1.82, 2.24) is 0 Å². The maximum Gasteiger partial charge on any atom is 0.338 e. The largest absolute Gasteiger partial charge is 0.478 e. The molecule has 0 unspecified atom stereocenters. The van der Waals surface area contributed by atoms with Gasteiger partial charge in [0.25, 0.3) is 5.91 Å².